The molecule has 1 aromatic rings. The van der Waals surface area contributed by atoms with Crippen molar-refractivity contribution in [3.63, 3.8) is 0 Å². The van der Waals surface area contributed by atoms with Crippen molar-refractivity contribution in [2.45, 2.75) is 50.9 Å². The molecule has 19 heavy (non-hydrogen) atoms. The normalized spacial score (nSPS) is 16.4. The number of anilines is 1. The third-order valence-corrected chi connectivity index (χ3v) is 5.91. The molecule has 0 saturated heterocycles. The fourth-order valence-electron chi connectivity index (χ4n) is 1.93. The quantitative estimate of drug-likeness (QED) is 0.921. The average Bonchev–Trinajstić information content (AvgIpc) is 3.13. The van der Waals surface area contributed by atoms with Crippen molar-refractivity contribution in [1.29, 1.82) is 0 Å². The number of sulfonamides is 1. The van der Waals surface area contributed by atoms with Crippen LogP contribution in [0.5, 0.6) is 0 Å². The van der Waals surface area contributed by atoms with E-state index >= 15 is 0 Å². The summed E-state index contributed by atoms with van der Waals surface area (Å²) >= 11 is 0. The fraction of sp³-hybridized carbons (Fsp3) is 0.571. The third-order valence-electron chi connectivity index (χ3n) is 3.34. The third kappa shape index (κ3) is 2.77. The van der Waals surface area contributed by atoms with Crippen LogP contribution in [0.4, 0.5) is 5.69 Å². The molecular weight excluding hydrogens is 260 g/mol. The molecule has 0 bridgehead atoms. The maximum Gasteiger partial charge on any atom is 0.240 e. The van der Waals surface area contributed by atoms with E-state index < -0.39 is 14.8 Å². The van der Waals surface area contributed by atoms with Gasteiger partial charge in [-0.1, -0.05) is 12.1 Å². The summed E-state index contributed by atoms with van der Waals surface area (Å²) in [6.07, 6.45) is 1.88. The van der Waals surface area contributed by atoms with Crippen molar-refractivity contribution in [3.8, 4) is 0 Å². The van der Waals surface area contributed by atoms with E-state index in [1.54, 1.807) is 25.1 Å². The van der Waals surface area contributed by atoms with Crippen LogP contribution in [0, 0.1) is 0 Å². The molecular formula is C14H22N2O2S. The number of benzene rings is 1. The fourth-order valence-corrected chi connectivity index (χ4v) is 3.52. The van der Waals surface area contributed by atoms with Crippen LogP contribution >= 0.6 is 0 Å². The van der Waals surface area contributed by atoms with Gasteiger partial charge in [0.2, 0.25) is 10.0 Å². The second kappa shape index (κ2) is 4.80. The Balaban J connectivity index is 2.41. The van der Waals surface area contributed by atoms with Gasteiger partial charge in [0, 0.05) is 12.6 Å². The highest BCUT2D eigenvalue weighted by Gasteiger charge is 2.43. The maximum absolute atomic E-state index is 12.7. The van der Waals surface area contributed by atoms with Gasteiger partial charge >= 0.3 is 0 Å². The summed E-state index contributed by atoms with van der Waals surface area (Å²) in [6.45, 7) is 5.69. The molecule has 0 aromatic heterocycles. The maximum atomic E-state index is 12.7. The van der Waals surface area contributed by atoms with Crippen molar-refractivity contribution >= 4 is 15.7 Å². The molecule has 1 aromatic carbocycles. The molecule has 2 N–H and O–H groups in total. The summed E-state index contributed by atoms with van der Waals surface area (Å²) in [4.78, 5) is 0. The first-order valence-corrected chi connectivity index (χ1v) is 8.04. The van der Waals surface area contributed by atoms with Gasteiger partial charge in [0.15, 0.2) is 0 Å². The Morgan fingerprint density at radius 1 is 1.21 bits per heavy atom. The summed E-state index contributed by atoms with van der Waals surface area (Å²) in [5.74, 6) is 0. The highest BCUT2D eigenvalue weighted by molar-refractivity contribution is 7.94. The van der Waals surface area contributed by atoms with Crippen LogP contribution in [0.2, 0.25) is 0 Å². The summed E-state index contributed by atoms with van der Waals surface area (Å²) < 4.78 is 26.2. The molecule has 1 fully saturated rings. The van der Waals surface area contributed by atoms with Crippen molar-refractivity contribution in [1.82, 2.24) is 0 Å². The van der Waals surface area contributed by atoms with Crippen LogP contribution in [0.1, 0.15) is 39.2 Å². The SMILES string of the molecule is CC(C)(C)S(=O)(=O)N(c1ccc(CN)cc1)C1CC1. The molecule has 0 spiro atoms. The summed E-state index contributed by atoms with van der Waals surface area (Å²) in [5, 5.41) is 0. The lowest BCUT2D eigenvalue weighted by Gasteiger charge is -2.31. The highest BCUT2D eigenvalue weighted by Crippen LogP contribution is 2.37. The lowest BCUT2D eigenvalue weighted by Crippen LogP contribution is -2.44. The largest absolute Gasteiger partial charge is 0.326 e. The van der Waals surface area contributed by atoms with Gasteiger partial charge in [-0.2, -0.15) is 0 Å². The van der Waals surface area contributed by atoms with Crippen LogP contribution in [0.25, 0.3) is 0 Å². The second-order valence-electron chi connectivity index (χ2n) is 6.01. The van der Waals surface area contributed by atoms with Gasteiger partial charge in [-0.05, 0) is 51.3 Å². The Bertz CT molecular complexity index is 540. The minimum Gasteiger partial charge on any atom is -0.326 e. The first-order valence-electron chi connectivity index (χ1n) is 6.60. The monoisotopic (exact) mass is 282 g/mol. The molecule has 1 aliphatic carbocycles. The Labute approximate surface area is 115 Å². The van der Waals surface area contributed by atoms with Gasteiger partial charge < -0.3 is 5.73 Å². The van der Waals surface area contributed by atoms with E-state index in [0.29, 0.717) is 6.54 Å². The lowest BCUT2D eigenvalue weighted by molar-refractivity contribution is 0.554. The second-order valence-corrected chi connectivity index (χ2v) is 8.58. The number of nitrogens with zero attached hydrogens (tertiary/aromatic N) is 1. The molecule has 0 amide bonds. The van der Waals surface area contributed by atoms with E-state index in [4.69, 9.17) is 5.73 Å². The van der Waals surface area contributed by atoms with Crippen LogP contribution < -0.4 is 10.0 Å². The van der Waals surface area contributed by atoms with Crippen LogP contribution in [0.15, 0.2) is 24.3 Å². The Morgan fingerprint density at radius 3 is 2.11 bits per heavy atom. The molecule has 106 valence electrons. The minimum absolute atomic E-state index is 0.118. The summed E-state index contributed by atoms with van der Waals surface area (Å²) in [7, 11) is -3.35. The Kier molecular flexibility index (Phi) is 3.62. The van der Waals surface area contributed by atoms with E-state index in [9.17, 15) is 8.42 Å². The molecule has 0 aliphatic heterocycles. The van der Waals surface area contributed by atoms with Crippen molar-refractivity contribution in [2.75, 3.05) is 4.31 Å². The van der Waals surface area contributed by atoms with Gasteiger partial charge in [-0.15, -0.1) is 0 Å². The van der Waals surface area contributed by atoms with E-state index in [1.165, 1.54) is 0 Å². The van der Waals surface area contributed by atoms with Crippen molar-refractivity contribution < 1.29 is 8.42 Å². The van der Waals surface area contributed by atoms with Gasteiger partial charge in [-0.25, -0.2) is 8.42 Å². The first kappa shape index (κ1) is 14.3. The summed E-state index contributed by atoms with van der Waals surface area (Å²) in [6, 6.07) is 7.60. The van der Waals surface area contributed by atoms with E-state index in [-0.39, 0.29) is 6.04 Å². The minimum atomic E-state index is -3.35. The zero-order valence-corrected chi connectivity index (χ0v) is 12.6. The van der Waals surface area contributed by atoms with Crippen molar-refractivity contribution in [2.24, 2.45) is 5.73 Å². The Morgan fingerprint density at radius 2 is 1.74 bits per heavy atom. The molecule has 2 rings (SSSR count). The van der Waals surface area contributed by atoms with Gasteiger partial charge in [0.1, 0.15) is 0 Å². The number of rotatable bonds is 4. The van der Waals surface area contributed by atoms with Crippen LogP contribution in [0.3, 0.4) is 0 Å². The van der Waals surface area contributed by atoms with Gasteiger partial charge in [-0.3, -0.25) is 4.31 Å². The predicted molar refractivity (Wildman–Crippen MR) is 78.5 cm³/mol. The van der Waals surface area contributed by atoms with Crippen molar-refractivity contribution in [3.05, 3.63) is 29.8 Å². The molecule has 1 aliphatic rings. The average molecular weight is 282 g/mol. The zero-order valence-electron chi connectivity index (χ0n) is 11.8. The Hall–Kier alpha value is -1.07. The highest BCUT2D eigenvalue weighted by atomic mass is 32.2. The van der Waals surface area contributed by atoms with E-state index in [0.717, 1.165) is 24.1 Å². The molecule has 5 heteroatoms. The molecule has 0 unspecified atom stereocenters. The number of hydrogen-bond acceptors (Lipinski definition) is 3. The van der Waals surface area contributed by atoms with Gasteiger partial charge in [0.25, 0.3) is 0 Å². The molecule has 1 saturated carbocycles. The van der Waals surface area contributed by atoms with Gasteiger partial charge in [0.05, 0.1) is 10.4 Å². The topological polar surface area (TPSA) is 63.4 Å². The molecule has 0 atom stereocenters. The number of hydrogen-bond donors (Lipinski definition) is 1. The first-order chi connectivity index (χ1) is 8.77. The molecule has 0 radical (unpaired) electrons. The molecule has 4 nitrogen and oxygen atoms in total. The predicted octanol–water partition coefficient (Wildman–Crippen LogP) is 2.24. The van der Waals surface area contributed by atoms with Crippen LogP contribution in [-0.4, -0.2) is 19.2 Å². The van der Waals surface area contributed by atoms with E-state index in [1.807, 2.05) is 24.3 Å². The summed E-state index contributed by atoms with van der Waals surface area (Å²) in [5.41, 5.74) is 7.32. The lowest BCUT2D eigenvalue weighted by atomic mass is 10.2. The smallest absolute Gasteiger partial charge is 0.240 e. The van der Waals surface area contributed by atoms with E-state index in [2.05, 4.69) is 0 Å². The number of nitrogens with two attached hydrogens (primary N) is 1. The standard InChI is InChI=1S/C14H22N2O2S/c1-14(2,3)19(17,18)16(13-8-9-13)12-6-4-11(10-15)5-7-12/h4-7,13H,8-10,15H2,1-3H3. The van der Waals surface area contributed by atoms with Crippen LogP contribution in [-0.2, 0) is 16.6 Å². The molecule has 0 heterocycles. The zero-order chi connectivity index (χ0) is 14.3.